The van der Waals surface area contributed by atoms with E-state index in [1.54, 1.807) is 0 Å². The second-order valence-electron chi connectivity index (χ2n) is 12.5. The van der Waals surface area contributed by atoms with E-state index in [1.165, 1.54) is 44.2 Å². The molecule has 0 aliphatic heterocycles. The number of benzene rings is 7. The second-order valence-corrected chi connectivity index (χ2v) is 12.5. The highest BCUT2D eigenvalue weighted by Crippen LogP contribution is 2.43. The van der Waals surface area contributed by atoms with Crippen LogP contribution in [-0.2, 0) is 6.42 Å². The lowest BCUT2D eigenvalue weighted by atomic mass is 9.87. The van der Waals surface area contributed by atoms with Crippen molar-refractivity contribution < 1.29 is 4.42 Å². The lowest BCUT2D eigenvalue weighted by molar-refractivity contribution is 0.535. The standard InChI is InChI=1S/C46H33NO/c1-4-13-32(14-5-1)33-23-26-38(27-24-33)47(37-18-8-3-9-19-37)39-20-12-17-35(29-39)36-25-28-41-44-31-43(34-15-6-2-7-16-34)40-21-10-11-22-42(40)46(44)48-45(41)30-36/h1-29,31,36H,30H2. The third-order valence-corrected chi connectivity index (χ3v) is 9.60. The van der Waals surface area contributed by atoms with Crippen molar-refractivity contribution in [3.63, 3.8) is 0 Å². The third kappa shape index (κ3) is 4.99. The van der Waals surface area contributed by atoms with E-state index in [9.17, 15) is 0 Å². The number of furan rings is 1. The van der Waals surface area contributed by atoms with Crippen LogP contribution in [0.5, 0.6) is 0 Å². The van der Waals surface area contributed by atoms with Crippen molar-refractivity contribution in [2.75, 3.05) is 4.90 Å². The third-order valence-electron chi connectivity index (χ3n) is 9.60. The molecule has 1 atom stereocenters. The molecule has 48 heavy (non-hydrogen) atoms. The number of nitrogens with zero attached hydrogens (tertiary/aromatic N) is 1. The molecule has 0 N–H and O–H groups in total. The van der Waals surface area contributed by atoms with Crippen LogP contribution in [0.15, 0.2) is 180 Å². The van der Waals surface area contributed by atoms with Crippen LogP contribution in [-0.4, -0.2) is 0 Å². The molecule has 1 aromatic heterocycles. The second kappa shape index (κ2) is 11.9. The lowest BCUT2D eigenvalue weighted by Gasteiger charge is -2.27. The van der Waals surface area contributed by atoms with Gasteiger partial charge in [-0.3, -0.25) is 0 Å². The summed E-state index contributed by atoms with van der Waals surface area (Å²) < 4.78 is 6.75. The predicted molar refractivity (Wildman–Crippen MR) is 201 cm³/mol. The molecule has 7 aromatic carbocycles. The quantitative estimate of drug-likeness (QED) is 0.185. The van der Waals surface area contributed by atoms with Crippen LogP contribution in [0.2, 0.25) is 0 Å². The van der Waals surface area contributed by atoms with Crippen molar-refractivity contribution in [3.8, 4) is 22.3 Å². The van der Waals surface area contributed by atoms with E-state index in [1.807, 2.05) is 0 Å². The highest BCUT2D eigenvalue weighted by atomic mass is 16.3. The molecule has 1 aliphatic rings. The number of allylic oxidation sites excluding steroid dienone is 1. The molecule has 0 fully saturated rings. The number of fused-ring (bicyclic) bond motifs is 5. The van der Waals surface area contributed by atoms with Gasteiger partial charge in [0.1, 0.15) is 11.3 Å². The van der Waals surface area contributed by atoms with Gasteiger partial charge < -0.3 is 9.32 Å². The average Bonchev–Trinajstić information content (AvgIpc) is 3.54. The van der Waals surface area contributed by atoms with Crippen LogP contribution in [0.25, 0.3) is 50.1 Å². The maximum absolute atomic E-state index is 6.75. The summed E-state index contributed by atoms with van der Waals surface area (Å²) >= 11 is 0. The first kappa shape index (κ1) is 28.1. The SMILES string of the molecule is C1=CC(c2cccc(N(c3ccccc3)c3ccc(-c4ccccc4)cc3)c2)Cc2oc3c(cc(-c4ccccc4)c4ccccc43)c21. The summed E-state index contributed by atoms with van der Waals surface area (Å²) in [6, 6.07) is 60.6. The zero-order valence-corrected chi connectivity index (χ0v) is 26.5. The number of hydrogen-bond acceptors (Lipinski definition) is 2. The van der Waals surface area contributed by atoms with Crippen LogP contribution in [0, 0.1) is 0 Å². The molecule has 8 aromatic rings. The number of para-hydroxylation sites is 1. The molecular formula is C46H33NO. The monoisotopic (exact) mass is 615 g/mol. The summed E-state index contributed by atoms with van der Waals surface area (Å²) in [6.45, 7) is 0. The predicted octanol–water partition coefficient (Wildman–Crippen LogP) is 12.7. The zero-order chi connectivity index (χ0) is 31.9. The first-order valence-electron chi connectivity index (χ1n) is 16.6. The smallest absolute Gasteiger partial charge is 0.142 e. The molecule has 0 saturated carbocycles. The summed E-state index contributed by atoms with van der Waals surface area (Å²) in [4.78, 5) is 2.34. The van der Waals surface area contributed by atoms with E-state index in [0.29, 0.717) is 0 Å². The maximum Gasteiger partial charge on any atom is 0.142 e. The van der Waals surface area contributed by atoms with Crippen molar-refractivity contribution in [1.82, 2.24) is 0 Å². The van der Waals surface area contributed by atoms with Gasteiger partial charge in [0.25, 0.3) is 0 Å². The van der Waals surface area contributed by atoms with Crippen LogP contribution in [0.4, 0.5) is 17.1 Å². The van der Waals surface area contributed by atoms with Crippen molar-refractivity contribution >= 4 is 44.9 Å². The minimum atomic E-state index is 0.205. The largest absolute Gasteiger partial charge is 0.460 e. The Kier molecular flexibility index (Phi) is 6.98. The van der Waals surface area contributed by atoms with Gasteiger partial charge in [-0.15, -0.1) is 0 Å². The Morgan fingerprint density at radius 3 is 1.83 bits per heavy atom. The van der Waals surface area contributed by atoms with Crippen LogP contribution in [0.1, 0.15) is 22.8 Å². The Bertz CT molecular complexity index is 2410. The summed E-state index contributed by atoms with van der Waals surface area (Å²) in [5, 5.41) is 3.56. The zero-order valence-electron chi connectivity index (χ0n) is 26.5. The van der Waals surface area contributed by atoms with Gasteiger partial charge in [-0.2, -0.15) is 0 Å². The van der Waals surface area contributed by atoms with Gasteiger partial charge in [0.2, 0.25) is 0 Å². The summed E-state index contributed by atoms with van der Waals surface area (Å²) in [5.74, 6) is 1.26. The fourth-order valence-electron chi connectivity index (χ4n) is 7.24. The van der Waals surface area contributed by atoms with E-state index in [2.05, 4.69) is 187 Å². The van der Waals surface area contributed by atoms with Crippen molar-refractivity contribution in [2.45, 2.75) is 12.3 Å². The van der Waals surface area contributed by atoms with E-state index in [0.717, 1.165) is 40.2 Å². The fourth-order valence-corrected chi connectivity index (χ4v) is 7.24. The fraction of sp³-hybridized carbons (Fsp3) is 0.0435. The van der Waals surface area contributed by atoms with Gasteiger partial charge in [0.05, 0.1) is 0 Å². The summed E-state index contributed by atoms with van der Waals surface area (Å²) in [6.07, 6.45) is 5.45. The number of hydrogen-bond donors (Lipinski definition) is 0. The van der Waals surface area contributed by atoms with Crippen molar-refractivity contribution in [2.24, 2.45) is 0 Å². The number of anilines is 3. The molecule has 0 radical (unpaired) electrons. The first-order valence-corrected chi connectivity index (χ1v) is 16.6. The minimum absolute atomic E-state index is 0.205. The van der Waals surface area contributed by atoms with E-state index >= 15 is 0 Å². The Labute approximate surface area is 280 Å². The molecule has 1 unspecified atom stereocenters. The van der Waals surface area contributed by atoms with E-state index in [-0.39, 0.29) is 5.92 Å². The van der Waals surface area contributed by atoms with E-state index < -0.39 is 0 Å². The minimum Gasteiger partial charge on any atom is -0.460 e. The topological polar surface area (TPSA) is 16.4 Å². The maximum atomic E-state index is 6.75. The van der Waals surface area contributed by atoms with Gasteiger partial charge in [0.15, 0.2) is 0 Å². The molecule has 0 spiro atoms. The van der Waals surface area contributed by atoms with Crippen LogP contribution >= 0.6 is 0 Å². The van der Waals surface area contributed by atoms with Gasteiger partial charge in [-0.25, -0.2) is 0 Å². The molecule has 2 nitrogen and oxygen atoms in total. The molecule has 0 amide bonds. The summed E-state index contributed by atoms with van der Waals surface area (Å²) in [5.41, 5.74) is 11.7. The highest BCUT2D eigenvalue weighted by Gasteiger charge is 2.24. The van der Waals surface area contributed by atoms with Crippen LogP contribution in [0.3, 0.4) is 0 Å². The van der Waals surface area contributed by atoms with Crippen molar-refractivity contribution in [1.29, 1.82) is 0 Å². The molecular weight excluding hydrogens is 583 g/mol. The van der Waals surface area contributed by atoms with Gasteiger partial charge in [0, 0.05) is 45.7 Å². The van der Waals surface area contributed by atoms with Crippen LogP contribution < -0.4 is 4.90 Å². The molecule has 9 rings (SSSR count). The highest BCUT2D eigenvalue weighted by molar-refractivity contribution is 6.13. The van der Waals surface area contributed by atoms with E-state index in [4.69, 9.17) is 4.42 Å². The molecule has 1 aliphatic carbocycles. The molecule has 2 heteroatoms. The molecule has 228 valence electrons. The Morgan fingerprint density at radius 2 is 1.08 bits per heavy atom. The number of rotatable bonds is 6. The van der Waals surface area contributed by atoms with Crippen molar-refractivity contribution in [3.05, 3.63) is 193 Å². The first-order chi connectivity index (χ1) is 23.8. The Hall–Kier alpha value is -6.12. The van der Waals surface area contributed by atoms with Gasteiger partial charge in [-0.05, 0) is 75.7 Å². The van der Waals surface area contributed by atoms with Gasteiger partial charge in [-0.1, -0.05) is 140 Å². The normalized spacial score (nSPS) is 13.9. The molecule has 0 saturated heterocycles. The van der Waals surface area contributed by atoms with Gasteiger partial charge >= 0.3 is 0 Å². The average molecular weight is 616 g/mol. The Morgan fingerprint density at radius 1 is 0.479 bits per heavy atom. The lowest BCUT2D eigenvalue weighted by Crippen LogP contribution is -2.11. The Balaban J connectivity index is 1.09. The summed E-state index contributed by atoms with van der Waals surface area (Å²) in [7, 11) is 0. The molecule has 0 bridgehead atoms. The molecule has 1 heterocycles.